The molecule has 24 heavy (non-hydrogen) atoms. The van der Waals surface area contributed by atoms with E-state index >= 15 is 0 Å². The number of nitrogens with zero attached hydrogens (tertiary/aromatic N) is 1. The van der Waals surface area contributed by atoms with Gasteiger partial charge in [-0.3, -0.25) is 9.69 Å². The first-order valence-electron chi connectivity index (χ1n) is 9.03. The van der Waals surface area contributed by atoms with E-state index in [4.69, 9.17) is 16.3 Å². The van der Waals surface area contributed by atoms with E-state index in [2.05, 4.69) is 10.2 Å². The molecule has 1 saturated heterocycles. The standard InChI is InChI=1S/C19H27ClN2O2/c1-14(15-4-2-3-5-15)19(23)21-17-7-6-16(18(20)12-17)13-22-8-10-24-11-9-22/h6-7,12,14-15H,2-5,8-11,13H2,1H3,(H,21,23). The Balaban J connectivity index is 1.58. The van der Waals surface area contributed by atoms with Gasteiger partial charge in [-0.1, -0.05) is 37.4 Å². The molecule has 1 aliphatic heterocycles. The van der Waals surface area contributed by atoms with E-state index in [-0.39, 0.29) is 11.8 Å². The molecule has 3 rings (SSSR count). The highest BCUT2D eigenvalue weighted by atomic mass is 35.5. The molecule has 1 aliphatic carbocycles. The summed E-state index contributed by atoms with van der Waals surface area (Å²) in [4.78, 5) is 14.8. The normalized spacial score (nSPS) is 20.9. The predicted octanol–water partition coefficient (Wildman–Crippen LogP) is 3.94. The lowest BCUT2D eigenvalue weighted by Gasteiger charge is -2.27. The van der Waals surface area contributed by atoms with E-state index in [1.807, 2.05) is 25.1 Å². The van der Waals surface area contributed by atoms with Crippen LogP contribution in [0.5, 0.6) is 0 Å². The van der Waals surface area contributed by atoms with E-state index in [0.717, 1.165) is 44.1 Å². The number of carbonyl (C=O) groups excluding carboxylic acids is 1. The number of hydrogen-bond acceptors (Lipinski definition) is 3. The van der Waals surface area contributed by atoms with Gasteiger partial charge < -0.3 is 10.1 Å². The summed E-state index contributed by atoms with van der Waals surface area (Å²) in [6.07, 6.45) is 4.86. The van der Waals surface area contributed by atoms with Crippen molar-refractivity contribution in [2.75, 3.05) is 31.6 Å². The molecule has 0 aromatic heterocycles. The fourth-order valence-electron chi connectivity index (χ4n) is 3.68. The predicted molar refractivity (Wildman–Crippen MR) is 97.3 cm³/mol. The third-order valence-electron chi connectivity index (χ3n) is 5.34. The molecule has 4 nitrogen and oxygen atoms in total. The number of anilines is 1. The van der Waals surface area contributed by atoms with E-state index in [0.29, 0.717) is 10.9 Å². The Morgan fingerprint density at radius 1 is 1.33 bits per heavy atom. The molecule has 1 saturated carbocycles. The van der Waals surface area contributed by atoms with E-state index in [1.54, 1.807) is 0 Å². The highest BCUT2D eigenvalue weighted by Gasteiger charge is 2.26. The van der Waals surface area contributed by atoms with Crippen LogP contribution in [0, 0.1) is 11.8 Å². The van der Waals surface area contributed by atoms with Crippen molar-refractivity contribution in [3.63, 3.8) is 0 Å². The fraction of sp³-hybridized carbons (Fsp3) is 0.632. The van der Waals surface area contributed by atoms with Crippen LogP contribution in [0.2, 0.25) is 5.02 Å². The summed E-state index contributed by atoms with van der Waals surface area (Å²) in [6, 6.07) is 5.85. The molecule has 1 aromatic carbocycles. The number of nitrogens with one attached hydrogen (secondary N) is 1. The largest absolute Gasteiger partial charge is 0.379 e. The number of amides is 1. The van der Waals surface area contributed by atoms with Gasteiger partial charge in [-0.2, -0.15) is 0 Å². The second kappa shape index (κ2) is 8.32. The fourth-order valence-corrected chi connectivity index (χ4v) is 3.92. The number of halogens is 1. The molecule has 2 aliphatic rings. The molecule has 132 valence electrons. The van der Waals surface area contributed by atoms with Crippen molar-refractivity contribution in [1.29, 1.82) is 0 Å². The SMILES string of the molecule is CC(C(=O)Nc1ccc(CN2CCOCC2)c(Cl)c1)C1CCCC1. The van der Waals surface area contributed by atoms with Crippen molar-refractivity contribution in [2.45, 2.75) is 39.2 Å². The Morgan fingerprint density at radius 3 is 2.71 bits per heavy atom. The van der Waals surface area contributed by atoms with Crippen LogP contribution >= 0.6 is 11.6 Å². The summed E-state index contributed by atoms with van der Waals surface area (Å²) in [5.74, 6) is 0.708. The van der Waals surface area contributed by atoms with Gasteiger partial charge >= 0.3 is 0 Å². The first-order chi connectivity index (χ1) is 11.6. The Labute approximate surface area is 149 Å². The minimum Gasteiger partial charge on any atom is -0.379 e. The second-order valence-electron chi connectivity index (χ2n) is 7.02. The van der Waals surface area contributed by atoms with Crippen molar-refractivity contribution >= 4 is 23.2 Å². The molecule has 1 unspecified atom stereocenters. The number of carbonyl (C=O) groups is 1. The molecule has 0 radical (unpaired) electrons. The minimum atomic E-state index is 0.0688. The maximum atomic E-state index is 12.4. The summed E-state index contributed by atoms with van der Waals surface area (Å²) in [5, 5.41) is 3.75. The Morgan fingerprint density at radius 2 is 2.04 bits per heavy atom. The summed E-state index contributed by atoms with van der Waals surface area (Å²) in [7, 11) is 0. The van der Waals surface area contributed by atoms with Crippen LogP contribution in [0.3, 0.4) is 0 Å². The lowest BCUT2D eigenvalue weighted by Crippen LogP contribution is -2.35. The lowest BCUT2D eigenvalue weighted by atomic mass is 9.92. The van der Waals surface area contributed by atoms with Crippen molar-refractivity contribution in [1.82, 2.24) is 4.90 Å². The van der Waals surface area contributed by atoms with Gasteiger partial charge in [0.15, 0.2) is 0 Å². The van der Waals surface area contributed by atoms with Crippen LogP contribution in [-0.4, -0.2) is 37.1 Å². The zero-order valence-electron chi connectivity index (χ0n) is 14.4. The van der Waals surface area contributed by atoms with E-state index in [9.17, 15) is 4.79 Å². The third kappa shape index (κ3) is 4.50. The monoisotopic (exact) mass is 350 g/mol. The Bertz CT molecular complexity index is 566. The highest BCUT2D eigenvalue weighted by molar-refractivity contribution is 6.31. The molecule has 1 N–H and O–H groups in total. The second-order valence-corrected chi connectivity index (χ2v) is 7.42. The molecule has 5 heteroatoms. The number of hydrogen-bond donors (Lipinski definition) is 1. The van der Waals surface area contributed by atoms with Crippen LogP contribution in [-0.2, 0) is 16.1 Å². The zero-order valence-corrected chi connectivity index (χ0v) is 15.1. The average Bonchev–Trinajstić information content (AvgIpc) is 3.12. The number of morpholine rings is 1. The van der Waals surface area contributed by atoms with Crippen LogP contribution in [0.1, 0.15) is 38.2 Å². The number of ether oxygens (including phenoxy) is 1. The summed E-state index contributed by atoms with van der Waals surface area (Å²) in [6.45, 7) is 6.31. The van der Waals surface area contributed by atoms with Crippen LogP contribution < -0.4 is 5.32 Å². The lowest BCUT2D eigenvalue weighted by molar-refractivity contribution is -0.120. The van der Waals surface area contributed by atoms with Gasteiger partial charge in [-0.25, -0.2) is 0 Å². The molecule has 0 bridgehead atoms. The van der Waals surface area contributed by atoms with Gasteiger partial charge in [0.1, 0.15) is 0 Å². The molecule has 1 aromatic rings. The van der Waals surface area contributed by atoms with Gasteiger partial charge in [0, 0.05) is 36.3 Å². The molecule has 1 heterocycles. The number of benzene rings is 1. The van der Waals surface area contributed by atoms with Gasteiger partial charge in [0.2, 0.25) is 5.91 Å². The van der Waals surface area contributed by atoms with E-state index in [1.165, 1.54) is 25.7 Å². The molecule has 2 fully saturated rings. The topological polar surface area (TPSA) is 41.6 Å². The molecular formula is C19H27ClN2O2. The van der Waals surface area contributed by atoms with Gasteiger partial charge in [0.05, 0.1) is 13.2 Å². The van der Waals surface area contributed by atoms with Crippen molar-refractivity contribution in [3.8, 4) is 0 Å². The maximum absolute atomic E-state index is 12.4. The van der Waals surface area contributed by atoms with Crippen molar-refractivity contribution in [2.24, 2.45) is 11.8 Å². The van der Waals surface area contributed by atoms with Crippen LogP contribution in [0.4, 0.5) is 5.69 Å². The van der Waals surface area contributed by atoms with Gasteiger partial charge in [0.25, 0.3) is 0 Å². The first kappa shape index (κ1) is 17.7. The summed E-state index contributed by atoms with van der Waals surface area (Å²) >= 11 is 6.43. The molecule has 1 amide bonds. The molecular weight excluding hydrogens is 324 g/mol. The molecule has 0 spiro atoms. The third-order valence-corrected chi connectivity index (χ3v) is 5.69. The summed E-state index contributed by atoms with van der Waals surface area (Å²) in [5.41, 5.74) is 1.89. The highest BCUT2D eigenvalue weighted by Crippen LogP contribution is 2.32. The van der Waals surface area contributed by atoms with Crippen LogP contribution in [0.15, 0.2) is 18.2 Å². The Kier molecular flexibility index (Phi) is 6.14. The van der Waals surface area contributed by atoms with E-state index < -0.39 is 0 Å². The first-order valence-corrected chi connectivity index (χ1v) is 9.40. The van der Waals surface area contributed by atoms with Gasteiger partial charge in [-0.15, -0.1) is 0 Å². The quantitative estimate of drug-likeness (QED) is 0.874. The minimum absolute atomic E-state index is 0.0688. The maximum Gasteiger partial charge on any atom is 0.227 e. The average molecular weight is 351 g/mol. The number of rotatable bonds is 5. The van der Waals surface area contributed by atoms with Crippen molar-refractivity contribution < 1.29 is 9.53 Å². The van der Waals surface area contributed by atoms with Crippen LogP contribution in [0.25, 0.3) is 0 Å². The summed E-state index contributed by atoms with van der Waals surface area (Å²) < 4.78 is 5.37. The van der Waals surface area contributed by atoms with Gasteiger partial charge in [-0.05, 0) is 36.5 Å². The molecule has 1 atom stereocenters. The zero-order chi connectivity index (χ0) is 16.9. The smallest absolute Gasteiger partial charge is 0.227 e. The Hall–Kier alpha value is -1.10. The van der Waals surface area contributed by atoms with Crippen molar-refractivity contribution in [3.05, 3.63) is 28.8 Å².